The van der Waals surface area contributed by atoms with Gasteiger partial charge < -0.3 is 19.9 Å². The molecule has 1 saturated heterocycles. The number of fused-ring (bicyclic) bond motifs is 1. The summed E-state index contributed by atoms with van der Waals surface area (Å²) in [4.78, 5) is 24.7. The highest BCUT2D eigenvalue weighted by Crippen LogP contribution is 2.27. The van der Waals surface area contributed by atoms with Gasteiger partial charge in [-0.1, -0.05) is 12.1 Å². The number of likely N-dealkylation sites (tertiary alicyclic amines) is 1. The predicted octanol–water partition coefficient (Wildman–Crippen LogP) is 4.13. The number of benzene rings is 2. The van der Waals surface area contributed by atoms with Gasteiger partial charge >= 0.3 is 6.36 Å². The average molecular weight is 495 g/mol. The number of alkyl halides is 3. The summed E-state index contributed by atoms with van der Waals surface area (Å²) in [6.07, 6.45) is -4.14. The first-order valence-electron chi connectivity index (χ1n) is 10.7. The summed E-state index contributed by atoms with van der Waals surface area (Å²) < 4.78 is 68.2. The number of carbonyl (C=O) groups is 1. The zero-order chi connectivity index (χ0) is 25.3. The van der Waals surface area contributed by atoms with E-state index in [1.165, 1.54) is 24.3 Å². The van der Waals surface area contributed by atoms with Crippen LogP contribution in [0.25, 0.3) is 10.9 Å². The van der Waals surface area contributed by atoms with Crippen LogP contribution < -0.4 is 15.0 Å². The molecule has 1 aliphatic heterocycles. The number of anilines is 2. The minimum atomic E-state index is -4.78. The van der Waals surface area contributed by atoms with Gasteiger partial charge in [0.25, 0.3) is 0 Å². The van der Waals surface area contributed by atoms with Crippen molar-refractivity contribution in [3.05, 3.63) is 53.6 Å². The van der Waals surface area contributed by atoms with Crippen molar-refractivity contribution < 1.29 is 31.5 Å². The summed E-state index contributed by atoms with van der Waals surface area (Å²) in [7, 11) is 3.45. The van der Waals surface area contributed by atoms with Crippen LogP contribution in [0.15, 0.2) is 36.4 Å². The highest BCUT2D eigenvalue weighted by atomic mass is 19.4. The normalized spacial score (nSPS) is 16.0. The number of nitrogens with one attached hydrogen (secondary N) is 1. The Labute approximate surface area is 197 Å². The molecule has 3 aromatic rings. The zero-order valence-corrected chi connectivity index (χ0v) is 18.9. The van der Waals surface area contributed by atoms with E-state index in [9.17, 15) is 26.7 Å². The lowest BCUT2D eigenvalue weighted by Gasteiger charge is -2.19. The van der Waals surface area contributed by atoms with E-state index in [1.54, 1.807) is 23.9 Å². The highest BCUT2D eigenvalue weighted by molar-refractivity contribution is 5.90. The van der Waals surface area contributed by atoms with Gasteiger partial charge in [0.05, 0.1) is 11.9 Å². The van der Waals surface area contributed by atoms with Gasteiger partial charge in [0, 0.05) is 44.7 Å². The van der Waals surface area contributed by atoms with Crippen molar-refractivity contribution in [2.75, 3.05) is 37.4 Å². The van der Waals surface area contributed by atoms with Gasteiger partial charge in [-0.05, 0) is 30.2 Å². The minimum Gasteiger partial charge on any atom is -0.406 e. The molecule has 4 rings (SSSR count). The standard InChI is InChI=1S/C23H22F5N5O2/c1-32(2)21-16-10-17(24)18(25)11-19(16)30-22(31-21)29-14-7-8-33(12-14)20(34)9-13-3-5-15(6-4-13)35-23(26,27)28/h3-6,10-11,14H,7-9,12H2,1-2H3,(H,29,30,31)/t14-/m0/s1. The fourth-order valence-electron chi connectivity index (χ4n) is 3.90. The third-order valence-electron chi connectivity index (χ3n) is 5.53. The first kappa shape index (κ1) is 24.4. The van der Waals surface area contributed by atoms with E-state index in [1.807, 2.05) is 0 Å². The van der Waals surface area contributed by atoms with Crippen LogP contribution in [-0.2, 0) is 11.2 Å². The van der Waals surface area contributed by atoms with Crippen molar-refractivity contribution in [2.45, 2.75) is 25.2 Å². The molecule has 0 unspecified atom stereocenters. The van der Waals surface area contributed by atoms with Gasteiger partial charge in [-0.2, -0.15) is 4.98 Å². The van der Waals surface area contributed by atoms with Crippen LogP contribution in [0.3, 0.4) is 0 Å². The maximum Gasteiger partial charge on any atom is 0.573 e. The second-order valence-corrected chi connectivity index (χ2v) is 8.39. The molecule has 2 heterocycles. The third kappa shape index (κ3) is 5.87. The van der Waals surface area contributed by atoms with Crippen LogP contribution in [-0.4, -0.2) is 60.4 Å². The Hall–Kier alpha value is -3.70. The lowest BCUT2D eigenvalue weighted by atomic mass is 10.1. The summed E-state index contributed by atoms with van der Waals surface area (Å²) >= 11 is 0. The first-order chi connectivity index (χ1) is 16.5. The van der Waals surface area contributed by atoms with E-state index < -0.39 is 18.0 Å². The number of hydrogen-bond donors (Lipinski definition) is 1. The van der Waals surface area contributed by atoms with Crippen molar-refractivity contribution >= 4 is 28.6 Å². The molecular weight excluding hydrogens is 473 g/mol. The third-order valence-corrected chi connectivity index (χ3v) is 5.53. The second-order valence-electron chi connectivity index (χ2n) is 8.39. The molecule has 0 bridgehead atoms. The number of halogens is 5. The smallest absolute Gasteiger partial charge is 0.406 e. The molecule has 1 atom stereocenters. The Morgan fingerprint density at radius 1 is 1.14 bits per heavy atom. The Kier molecular flexibility index (Phi) is 6.64. The van der Waals surface area contributed by atoms with E-state index in [4.69, 9.17) is 0 Å². The number of amides is 1. The van der Waals surface area contributed by atoms with Crippen LogP contribution in [0.4, 0.5) is 33.7 Å². The Balaban J connectivity index is 1.41. The predicted molar refractivity (Wildman–Crippen MR) is 119 cm³/mol. The minimum absolute atomic E-state index is 0.0289. The molecule has 0 radical (unpaired) electrons. The van der Waals surface area contributed by atoms with E-state index in [2.05, 4.69) is 20.0 Å². The molecule has 0 aliphatic carbocycles. The van der Waals surface area contributed by atoms with Gasteiger partial charge in [-0.3, -0.25) is 4.79 Å². The summed E-state index contributed by atoms with van der Waals surface area (Å²) in [5.74, 6) is -1.88. The number of aromatic nitrogens is 2. The van der Waals surface area contributed by atoms with Gasteiger partial charge in [0.2, 0.25) is 11.9 Å². The molecule has 1 aromatic heterocycles. The molecule has 35 heavy (non-hydrogen) atoms. The lowest BCUT2D eigenvalue weighted by molar-refractivity contribution is -0.274. The molecule has 12 heteroatoms. The number of ether oxygens (including phenoxy) is 1. The molecule has 1 fully saturated rings. The number of nitrogens with zero attached hydrogens (tertiary/aromatic N) is 4. The molecule has 1 aliphatic rings. The van der Waals surface area contributed by atoms with Crippen molar-refractivity contribution in [1.29, 1.82) is 0 Å². The van der Waals surface area contributed by atoms with Crippen molar-refractivity contribution in [3.8, 4) is 5.75 Å². The highest BCUT2D eigenvalue weighted by Gasteiger charge is 2.31. The van der Waals surface area contributed by atoms with Gasteiger partial charge in [0.1, 0.15) is 11.6 Å². The summed E-state index contributed by atoms with van der Waals surface area (Å²) in [5.41, 5.74) is 0.803. The van der Waals surface area contributed by atoms with Crippen molar-refractivity contribution in [3.63, 3.8) is 0 Å². The first-order valence-corrected chi connectivity index (χ1v) is 10.7. The van der Waals surface area contributed by atoms with Crippen LogP contribution >= 0.6 is 0 Å². The van der Waals surface area contributed by atoms with E-state index in [0.717, 1.165) is 12.1 Å². The molecule has 0 spiro atoms. The van der Waals surface area contributed by atoms with E-state index >= 15 is 0 Å². The van der Waals surface area contributed by atoms with Crippen LogP contribution in [0, 0.1) is 11.6 Å². The molecule has 186 valence electrons. The van der Waals surface area contributed by atoms with Crippen LogP contribution in [0.1, 0.15) is 12.0 Å². The van der Waals surface area contributed by atoms with Crippen molar-refractivity contribution in [1.82, 2.24) is 14.9 Å². The van der Waals surface area contributed by atoms with Gasteiger partial charge in [-0.25, -0.2) is 13.8 Å². The van der Waals surface area contributed by atoms with Crippen LogP contribution in [0.2, 0.25) is 0 Å². The molecule has 1 amide bonds. The van der Waals surface area contributed by atoms with Gasteiger partial charge in [-0.15, -0.1) is 13.2 Å². The fraction of sp³-hybridized carbons (Fsp3) is 0.348. The summed E-state index contributed by atoms with van der Waals surface area (Å²) in [5, 5.41) is 3.53. The van der Waals surface area contributed by atoms with E-state index in [0.29, 0.717) is 36.3 Å². The Morgan fingerprint density at radius 2 is 1.83 bits per heavy atom. The average Bonchev–Trinajstić information content (AvgIpc) is 3.23. The molecule has 2 aromatic carbocycles. The zero-order valence-electron chi connectivity index (χ0n) is 18.9. The summed E-state index contributed by atoms with van der Waals surface area (Å²) in [6, 6.07) is 7.06. The molecule has 1 N–H and O–H groups in total. The number of rotatable bonds is 6. The van der Waals surface area contributed by atoms with Gasteiger partial charge in [0.15, 0.2) is 11.6 Å². The second kappa shape index (κ2) is 9.51. The SMILES string of the molecule is CN(C)c1nc(N[C@H]2CCN(C(=O)Cc3ccc(OC(F)(F)F)cc3)C2)nc2cc(F)c(F)cc12. The molecular formula is C23H22F5N5O2. The number of hydrogen-bond acceptors (Lipinski definition) is 6. The topological polar surface area (TPSA) is 70.6 Å². The van der Waals surface area contributed by atoms with E-state index in [-0.39, 0.29) is 35.6 Å². The Morgan fingerprint density at radius 3 is 2.49 bits per heavy atom. The summed E-state index contributed by atoms with van der Waals surface area (Å²) in [6.45, 7) is 0.838. The maximum atomic E-state index is 13.8. The lowest BCUT2D eigenvalue weighted by Crippen LogP contribution is -2.33. The van der Waals surface area contributed by atoms with Crippen molar-refractivity contribution in [2.24, 2.45) is 0 Å². The van der Waals surface area contributed by atoms with Crippen LogP contribution in [0.5, 0.6) is 5.75 Å². The monoisotopic (exact) mass is 495 g/mol. The Bertz CT molecular complexity index is 1230. The fourth-order valence-corrected chi connectivity index (χ4v) is 3.90. The number of carbonyl (C=O) groups excluding carboxylic acids is 1. The quantitative estimate of drug-likeness (QED) is 0.519. The molecule has 7 nitrogen and oxygen atoms in total. The maximum absolute atomic E-state index is 13.8. The largest absolute Gasteiger partial charge is 0.573 e. The molecule has 0 saturated carbocycles.